The van der Waals surface area contributed by atoms with Crippen molar-refractivity contribution < 1.29 is 8.42 Å². The number of nitrogens with one attached hydrogen (secondary N) is 1. The monoisotopic (exact) mass is 474 g/mol. The maximum absolute atomic E-state index is 11.3. The number of guanidine groups is 1. The maximum Gasteiger partial charge on any atom is 0.211 e. The summed E-state index contributed by atoms with van der Waals surface area (Å²) in [6.07, 6.45) is 1.81. The standard InChI is InChI=1S/C12H22N6O2S2.HI/c1-2-22(19,20)16-4-3-14-11(13)17-6-8-18(9-7-17)12-15-5-10-21-12;/h5,10,16H,2-4,6-9H2,1H3,(H2,13,14);1H. The predicted molar refractivity (Wildman–Crippen MR) is 105 cm³/mol. The van der Waals surface area contributed by atoms with Crippen molar-refractivity contribution in [3.05, 3.63) is 11.6 Å². The molecule has 0 spiro atoms. The zero-order valence-electron chi connectivity index (χ0n) is 13.0. The van der Waals surface area contributed by atoms with E-state index in [0.29, 0.717) is 12.5 Å². The highest BCUT2D eigenvalue weighted by Crippen LogP contribution is 2.18. The van der Waals surface area contributed by atoms with Gasteiger partial charge in [0.1, 0.15) is 0 Å². The number of rotatable bonds is 6. The third kappa shape index (κ3) is 6.39. The van der Waals surface area contributed by atoms with E-state index in [2.05, 4.69) is 19.6 Å². The second kappa shape index (κ2) is 9.59. The highest BCUT2D eigenvalue weighted by atomic mass is 127. The van der Waals surface area contributed by atoms with Crippen LogP contribution in [0.2, 0.25) is 0 Å². The molecule has 1 aliphatic heterocycles. The number of aromatic nitrogens is 1. The van der Waals surface area contributed by atoms with Crippen molar-refractivity contribution in [1.82, 2.24) is 14.6 Å². The molecule has 1 fully saturated rings. The number of hydrogen-bond donors (Lipinski definition) is 2. The van der Waals surface area contributed by atoms with Gasteiger partial charge in [0, 0.05) is 44.3 Å². The van der Waals surface area contributed by atoms with Crippen molar-refractivity contribution in [3.63, 3.8) is 0 Å². The molecule has 0 radical (unpaired) electrons. The molecule has 0 bridgehead atoms. The minimum absolute atomic E-state index is 0. The predicted octanol–water partition coefficient (Wildman–Crippen LogP) is 0.137. The number of nitrogens with two attached hydrogens (primary N) is 1. The largest absolute Gasteiger partial charge is 0.370 e. The molecular formula is C12H23IN6O2S2. The van der Waals surface area contributed by atoms with E-state index in [9.17, 15) is 8.42 Å². The van der Waals surface area contributed by atoms with Crippen molar-refractivity contribution in [2.75, 3.05) is 49.9 Å². The zero-order chi connectivity index (χ0) is 16.0. The number of anilines is 1. The van der Waals surface area contributed by atoms with Crippen molar-refractivity contribution in [3.8, 4) is 0 Å². The van der Waals surface area contributed by atoms with Gasteiger partial charge in [-0.3, -0.25) is 4.99 Å². The Morgan fingerprint density at radius 3 is 2.70 bits per heavy atom. The molecule has 8 nitrogen and oxygen atoms in total. The summed E-state index contributed by atoms with van der Waals surface area (Å²) in [5.41, 5.74) is 5.96. The van der Waals surface area contributed by atoms with Crippen LogP contribution in [0.25, 0.3) is 0 Å². The fraction of sp³-hybridized carbons (Fsp3) is 0.667. The van der Waals surface area contributed by atoms with Crippen LogP contribution in [0.4, 0.5) is 5.13 Å². The Morgan fingerprint density at radius 2 is 2.13 bits per heavy atom. The van der Waals surface area contributed by atoms with Gasteiger partial charge in [0.15, 0.2) is 11.1 Å². The van der Waals surface area contributed by atoms with E-state index in [1.54, 1.807) is 24.5 Å². The first-order valence-corrected chi connectivity index (χ1v) is 9.71. The number of sulfonamides is 1. The SMILES string of the molecule is CCS(=O)(=O)NCCN=C(N)N1CCN(c2nccs2)CC1.I. The van der Waals surface area contributed by atoms with Gasteiger partial charge in [0.25, 0.3) is 0 Å². The van der Waals surface area contributed by atoms with Gasteiger partial charge in [-0.05, 0) is 6.92 Å². The quantitative estimate of drug-likeness (QED) is 0.263. The van der Waals surface area contributed by atoms with Crippen molar-refractivity contribution in [2.24, 2.45) is 10.7 Å². The number of thiazole rings is 1. The molecule has 23 heavy (non-hydrogen) atoms. The van der Waals surface area contributed by atoms with Gasteiger partial charge in [0.2, 0.25) is 10.0 Å². The summed E-state index contributed by atoms with van der Waals surface area (Å²) < 4.78 is 25.0. The Balaban J connectivity index is 0.00000264. The van der Waals surface area contributed by atoms with Crippen LogP contribution < -0.4 is 15.4 Å². The molecule has 0 atom stereocenters. The summed E-state index contributed by atoms with van der Waals surface area (Å²) in [6.45, 7) is 5.50. The Kier molecular flexibility index (Phi) is 8.50. The molecule has 1 saturated heterocycles. The third-order valence-corrected chi connectivity index (χ3v) is 5.62. The van der Waals surface area contributed by atoms with Gasteiger partial charge in [-0.2, -0.15) is 0 Å². The Labute approximate surface area is 158 Å². The molecule has 1 aliphatic rings. The lowest BCUT2D eigenvalue weighted by molar-refractivity contribution is 0.380. The first-order valence-electron chi connectivity index (χ1n) is 7.18. The first-order chi connectivity index (χ1) is 10.5. The van der Waals surface area contributed by atoms with Gasteiger partial charge in [0.05, 0.1) is 12.3 Å². The first kappa shape index (κ1) is 20.4. The van der Waals surface area contributed by atoms with E-state index < -0.39 is 10.0 Å². The van der Waals surface area contributed by atoms with E-state index in [1.807, 2.05) is 10.3 Å². The van der Waals surface area contributed by atoms with Gasteiger partial charge in [-0.15, -0.1) is 35.3 Å². The van der Waals surface area contributed by atoms with Crippen LogP contribution in [0, 0.1) is 0 Å². The molecular weight excluding hydrogens is 451 g/mol. The van der Waals surface area contributed by atoms with Gasteiger partial charge in [-0.1, -0.05) is 0 Å². The Bertz CT molecular complexity index is 585. The normalized spacial score (nSPS) is 16.3. The molecule has 1 aromatic rings. The topological polar surface area (TPSA) is 104 Å². The van der Waals surface area contributed by atoms with E-state index in [4.69, 9.17) is 5.73 Å². The van der Waals surface area contributed by atoms with E-state index in [1.165, 1.54) is 0 Å². The summed E-state index contributed by atoms with van der Waals surface area (Å²) in [7, 11) is -3.16. The summed E-state index contributed by atoms with van der Waals surface area (Å²) in [5.74, 6) is 0.541. The number of aliphatic imine (C=N–C) groups is 1. The van der Waals surface area contributed by atoms with Crippen molar-refractivity contribution >= 4 is 56.4 Å². The average Bonchev–Trinajstić information content (AvgIpc) is 3.06. The molecule has 2 rings (SSSR count). The van der Waals surface area contributed by atoms with E-state index in [-0.39, 0.29) is 36.3 Å². The van der Waals surface area contributed by atoms with Gasteiger partial charge in [-0.25, -0.2) is 18.1 Å². The van der Waals surface area contributed by atoms with Crippen molar-refractivity contribution in [2.45, 2.75) is 6.92 Å². The van der Waals surface area contributed by atoms with Gasteiger partial charge < -0.3 is 15.5 Å². The smallest absolute Gasteiger partial charge is 0.211 e. The minimum Gasteiger partial charge on any atom is -0.370 e. The lowest BCUT2D eigenvalue weighted by atomic mass is 10.3. The molecule has 2 heterocycles. The molecule has 11 heteroatoms. The van der Waals surface area contributed by atoms with Crippen LogP contribution in [-0.2, 0) is 10.0 Å². The zero-order valence-corrected chi connectivity index (χ0v) is 17.0. The summed E-state index contributed by atoms with van der Waals surface area (Å²) in [4.78, 5) is 12.8. The second-order valence-corrected chi connectivity index (χ2v) is 7.79. The average molecular weight is 474 g/mol. The fourth-order valence-electron chi connectivity index (χ4n) is 2.07. The van der Waals surface area contributed by atoms with Gasteiger partial charge >= 0.3 is 0 Å². The van der Waals surface area contributed by atoms with Crippen LogP contribution in [0.5, 0.6) is 0 Å². The van der Waals surface area contributed by atoms with Crippen LogP contribution in [-0.4, -0.2) is 69.3 Å². The lowest BCUT2D eigenvalue weighted by Gasteiger charge is -2.35. The van der Waals surface area contributed by atoms with E-state index >= 15 is 0 Å². The van der Waals surface area contributed by atoms with Crippen LogP contribution in [0.1, 0.15) is 6.92 Å². The second-order valence-electron chi connectivity index (χ2n) is 4.83. The molecule has 3 N–H and O–H groups in total. The van der Waals surface area contributed by atoms with Crippen LogP contribution >= 0.6 is 35.3 Å². The van der Waals surface area contributed by atoms with Crippen LogP contribution in [0.15, 0.2) is 16.6 Å². The fourth-order valence-corrected chi connectivity index (χ4v) is 3.38. The Hall–Kier alpha value is -0.660. The van der Waals surface area contributed by atoms with E-state index in [0.717, 1.165) is 31.3 Å². The molecule has 0 unspecified atom stereocenters. The summed E-state index contributed by atoms with van der Waals surface area (Å²) >= 11 is 1.63. The molecule has 0 saturated carbocycles. The highest BCUT2D eigenvalue weighted by molar-refractivity contribution is 14.0. The molecule has 0 aromatic carbocycles. The maximum atomic E-state index is 11.3. The Morgan fingerprint density at radius 1 is 1.43 bits per heavy atom. The number of nitrogens with zero attached hydrogens (tertiary/aromatic N) is 4. The lowest BCUT2D eigenvalue weighted by Crippen LogP contribution is -2.51. The molecule has 132 valence electrons. The number of halogens is 1. The minimum atomic E-state index is -3.16. The summed E-state index contributed by atoms with van der Waals surface area (Å²) in [5, 5.41) is 3.00. The molecule has 1 aromatic heterocycles. The highest BCUT2D eigenvalue weighted by Gasteiger charge is 2.19. The summed E-state index contributed by atoms with van der Waals surface area (Å²) in [6, 6.07) is 0. The molecule has 0 amide bonds. The molecule has 0 aliphatic carbocycles. The number of piperazine rings is 1. The number of hydrogen-bond acceptors (Lipinski definition) is 6. The van der Waals surface area contributed by atoms with Crippen molar-refractivity contribution in [1.29, 1.82) is 0 Å². The third-order valence-electron chi connectivity index (χ3n) is 3.38. The van der Waals surface area contributed by atoms with Crippen LogP contribution in [0.3, 0.4) is 0 Å².